The highest BCUT2D eigenvalue weighted by Gasteiger charge is 2.29. The second-order valence-electron chi connectivity index (χ2n) is 4.92. The van der Waals surface area contributed by atoms with Crippen LogP contribution in [0.15, 0.2) is 42.5 Å². The third-order valence-corrected chi connectivity index (χ3v) is 3.84. The molecule has 0 aliphatic rings. The molecular formula is C15H16O9P2. The fourth-order valence-corrected chi connectivity index (χ4v) is 2.86. The Bertz CT molecular complexity index is 883. The lowest BCUT2D eigenvalue weighted by Gasteiger charge is -2.18. The van der Waals surface area contributed by atoms with Gasteiger partial charge in [0.2, 0.25) is 5.75 Å². The Morgan fingerprint density at radius 3 is 1.92 bits per heavy atom. The number of phosphoric acid groups is 2. The zero-order chi connectivity index (χ0) is 19.4. The second kappa shape index (κ2) is 8.05. The van der Waals surface area contributed by atoms with E-state index >= 15 is 0 Å². The number of hydrogen-bond donors (Lipinski definition) is 4. The predicted octanol–water partition coefficient (Wildman–Crippen LogP) is 2.81. The minimum Gasteiger partial charge on any atom is -0.493 e. The molecule has 0 radical (unpaired) electrons. The molecule has 0 heterocycles. The summed E-state index contributed by atoms with van der Waals surface area (Å²) in [5.74, 6) is -1.36. The zero-order valence-corrected chi connectivity index (χ0v) is 15.2. The van der Waals surface area contributed by atoms with Gasteiger partial charge in [-0.1, -0.05) is 42.5 Å². The van der Waals surface area contributed by atoms with E-state index < -0.39 is 27.1 Å². The number of ether oxygens (including phenoxy) is 1. The summed E-state index contributed by atoms with van der Waals surface area (Å²) in [6.45, 7) is 0. The van der Waals surface area contributed by atoms with Crippen LogP contribution in [0.5, 0.6) is 17.2 Å². The highest BCUT2D eigenvalue weighted by molar-refractivity contribution is 7.47. The van der Waals surface area contributed by atoms with Crippen molar-refractivity contribution in [2.45, 2.75) is 0 Å². The van der Waals surface area contributed by atoms with Crippen LogP contribution in [-0.4, -0.2) is 26.7 Å². The first-order valence-electron chi connectivity index (χ1n) is 7.03. The minimum absolute atomic E-state index is 0.112. The van der Waals surface area contributed by atoms with Crippen LogP contribution in [0.3, 0.4) is 0 Å². The molecule has 0 aromatic heterocycles. The first kappa shape index (κ1) is 20.2. The summed E-state index contributed by atoms with van der Waals surface area (Å²) in [5, 5.41) is 0. The van der Waals surface area contributed by atoms with Gasteiger partial charge in [0.1, 0.15) is 0 Å². The molecule has 0 unspecified atom stereocenters. The van der Waals surface area contributed by atoms with Crippen LogP contribution in [-0.2, 0) is 9.13 Å². The van der Waals surface area contributed by atoms with Gasteiger partial charge in [-0.25, -0.2) is 9.13 Å². The standard InChI is InChI=1S/C15H16O9P2/c1-22-13-10-9-12(8-7-11-5-3-2-4-6-11)14(23-25(16,17)18)15(13)24-26(19,20)21/h2-10H,1H3,(H2,16,17,18)(H2,19,20,21)/b8-7+. The zero-order valence-electron chi connectivity index (χ0n) is 13.4. The van der Waals surface area contributed by atoms with E-state index in [1.807, 2.05) is 6.07 Å². The lowest BCUT2D eigenvalue weighted by molar-refractivity contribution is 0.258. The number of rotatable bonds is 7. The topological polar surface area (TPSA) is 143 Å². The van der Waals surface area contributed by atoms with Gasteiger partial charge in [-0.2, -0.15) is 0 Å². The average Bonchev–Trinajstić information content (AvgIpc) is 2.53. The number of hydrogen-bond acceptors (Lipinski definition) is 5. The number of methoxy groups -OCH3 is 1. The highest BCUT2D eigenvalue weighted by Crippen LogP contribution is 2.52. The Hall–Kier alpha value is -2.12. The fraction of sp³-hybridized carbons (Fsp3) is 0.0667. The molecular weight excluding hydrogens is 386 g/mol. The molecule has 9 nitrogen and oxygen atoms in total. The Labute approximate surface area is 149 Å². The van der Waals surface area contributed by atoms with Crippen molar-refractivity contribution in [2.24, 2.45) is 0 Å². The summed E-state index contributed by atoms with van der Waals surface area (Å²) in [6.07, 6.45) is 3.07. The summed E-state index contributed by atoms with van der Waals surface area (Å²) in [5.41, 5.74) is 0.893. The first-order valence-corrected chi connectivity index (χ1v) is 10.1. The average molecular weight is 402 g/mol. The Kier molecular flexibility index (Phi) is 6.26. The summed E-state index contributed by atoms with van der Waals surface area (Å²) in [6, 6.07) is 11.7. The molecule has 0 aliphatic carbocycles. The largest absolute Gasteiger partial charge is 0.525 e. The van der Waals surface area contributed by atoms with Gasteiger partial charge in [0, 0.05) is 5.56 Å². The van der Waals surface area contributed by atoms with Gasteiger partial charge in [-0.15, -0.1) is 0 Å². The first-order chi connectivity index (χ1) is 12.1. The van der Waals surface area contributed by atoms with Gasteiger partial charge in [0.25, 0.3) is 0 Å². The van der Waals surface area contributed by atoms with Gasteiger partial charge in [0.15, 0.2) is 11.5 Å². The third-order valence-electron chi connectivity index (χ3n) is 3.00. The molecule has 0 atom stereocenters. The summed E-state index contributed by atoms with van der Waals surface area (Å²) in [7, 11) is -8.91. The van der Waals surface area contributed by atoms with Crippen LogP contribution in [0.4, 0.5) is 0 Å². The van der Waals surface area contributed by atoms with Crippen molar-refractivity contribution in [3.05, 3.63) is 53.6 Å². The van der Waals surface area contributed by atoms with E-state index in [4.69, 9.17) is 24.3 Å². The van der Waals surface area contributed by atoms with Gasteiger partial charge in [-0.3, -0.25) is 19.6 Å². The van der Waals surface area contributed by atoms with Crippen molar-refractivity contribution < 1.29 is 42.5 Å². The maximum absolute atomic E-state index is 11.3. The lowest BCUT2D eigenvalue weighted by atomic mass is 10.1. The Balaban J connectivity index is 2.59. The quantitative estimate of drug-likeness (QED) is 0.406. The number of benzene rings is 2. The molecule has 26 heavy (non-hydrogen) atoms. The fourth-order valence-electron chi connectivity index (χ4n) is 2.02. The van der Waals surface area contributed by atoms with Crippen LogP contribution in [0.2, 0.25) is 0 Å². The van der Waals surface area contributed by atoms with Crippen molar-refractivity contribution in [1.29, 1.82) is 0 Å². The molecule has 0 fully saturated rings. The monoisotopic (exact) mass is 402 g/mol. The van der Waals surface area contributed by atoms with E-state index in [-0.39, 0.29) is 11.3 Å². The molecule has 2 rings (SSSR count). The van der Waals surface area contributed by atoms with Crippen molar-refractivity contribution in [3.8, 4) is 17.2 Å². The van der Waals surface area contributed by atoms with Crippen LogP contribution >= 0.6 is 15.6 Å². The van der Waals surface area contributed by atoms with Crippen molar-refractivity contribution >= 4 is 27.8 Å². The highest BCUT2D eigenvalue weighted by atomic mass is 31.2. The molecule has 0 amide bonds. The third kappa shape index (κ3) is 6.00. The summed E-state index contributed by atoms with van der Waals surface area (Å²) in [4.78, 5) is 36.4. The van der Waals surface area contributed by atoms with Gasteiger partial charge < -0.3 is 13.8 Å². The molecule has 4 N–H and O–H groups in total. The van der Waals surface area contributed by atoms with Crippen LogP contribution in [0.1, 0.15) is 11.1 Å². The molecule has 2 aromatic carbocycles. The summed E-state index contributed by atoms with van der Waals surface area (Å²) >= 11 is 0. The van der Waals surface area contributed by atoms with Gasteiger partial charge in [0.05, 0.1) is 7.11 Å². The molecule has 0 bridgehead atoms. The smallest absolute Gasteiger partial charge is 0.493 e. The molecule has 0 saturated heterocycles. The molecule has 140 valence electrons. The van der Waals surface area contributed by atoms with E-state index in [9.17, 15) is 9.13 Å². The predicted molar refractivity (Wildman–Crippen MR) is 93.7 cm³/mol. The van der Waals surface area contributed by atoms with Crippen molar-refractivity contribution in [3.63, 3.8) is 0 Å². The minimum atomic E-state index is -5.06. The van der Waals surface area contributed by atoms with E-state index in [0.29, 0.717) is 0 Å². The molecule has 0 saturated carbocycles. The van der Waals surface area contributed by atoms with Crippen molar-refractivity contribution in [1.82, 2.24) is 0 Å². The van der Waals surface area contributed by atoms with Crippen LogP contribution in [0, 0.1) is 0 Å². The second-order valence-corrected chi connectivity index (χ2v) is 7.25. The Morgan fingerprint density at radius 1 is 0.808 bits per heavy atom. The molecule has 0 spiro atoms. The maximum atomic E-state index is 11.3. The normalized spacial score (nSPS) is 12.2. The van der Waals surface area contributed by atoms with E-state index in [1.165, 1.54) is 25.3 Å². The van der Waals surface area contributed by atoms with Crippen molar-refractivity contribution in [2.75, 3.05) is 7.11 Å². The molecule has 11 heteroatoms. The lowest BCUT2D eigenvalue weighted by Crippen LogP contribution is -2.00. The SMILES string of the molecule is COc1ccc(/C=C/c2ccccc2)c(OP(=O)(O)O)c1OP(=O)(O)O. The van der Waals surface area contributed by atoms with Crippen LogP contribution in [0.25, 0.3) is 12.2 Å². The molecule has 0 aliphatic heterocycles. The van der Waals surface area contributed by atoms with E-state index in [1.54, 1.807) is 30.3 Å². The Morgan fingerprint density at radius 2 is 1.38 bits per heavy atom. The maximum Gasteiger partial charge on any atom is 0.525 e. The van der Waals surface area contributed by atoms with Gasteiger partial charge in [-0.05, 0) is 17.7 Å². The van der Waals surface area contributed by atoms with E-state index in [0.717, 1.165) is 5.56 Å². The van der Waals surface area contributed by atoms with E-state index in [2.05, 4.69) is 9.05 Å². The molecule has 2 aromatic rings. The number of phosphoric ester groups is 2. The summed E-state index contributed by atoms with van der Waals surface area (Å²) < 4.78 is 36.6. The van der Waals surface area contributed by atoms with Crippen LogP contribution < -0.4 is 13.8 Å². The van der Waals surface area contributed by atoms with Gasteiger partial charge >= 0.3 is 15.6 Å².